The Kier molecular flexibility index (Phi) is 4.76. The van der Waals surface area contributed by atoms with Crippen LogP contribution in [0, 0.1) is 20.8 Å². The molecule has 1 aliphatic heterocycles. The van der Waals surface area contributed by atoms with E-state index in [2.05, 4.69) is 48.4 Å². The fourth-order valence-electron chi connectivity index (χ4n) is 2.16. The molecule has 1 saturated carbocycles. The zero-order chi connectivity index (χ0) is 13.4. The van der Waals surface area contributed by atoms with Gasteiger partial charge in [0.2, 0.25) is 0 Å². The summed E-state index contributed by atoms with van der Waals surface area (Å²) in [5, 5.41) is 5.49. The van der Waals surface area contributed by atoms with E-state index in [9.17, 15) is 0 Å². The first kappa shape index (κ1) is 15.4. The highest BCUT2D eigenvalue weighted by Gasteiger charge is 2.23. The highest BCUT2D eigenvalue weighted by atomic mass is 35.5. The lowest BCUT2D eigenvalue weighted by atomic mass is 9.98. The predicted molar refractivity (Wildman–Crippen MR) is 90.5 cm³/mol. The van der Waals surface area contributed by atoms with E-state index in [1.807, 2.05) is 0 Å². The number of benzene rings is 1. The zero-order valence-corrected chi connectivity index (χ0v) is 13.7. The van der Waals surface area contributed by atoms with Gasteiger partial charge >= 0.3 is 0 Å². The molecule has 3 nitrogen and oxygen atoms in total. The molecule has 0 aromatic heterocycles. The second kappa shape index (κ2) is 6.19. The van der Waals surface area contributed by atoms with Crippen LogP contribution in [-0.4, -0.2) is 22.7 Å². The zero-order valence-electron chi connectivity index (χ0n) is 12.1. The number of nitrogens with zero attached hydrogens (tertiary/aromatic N) is 2. The second-order valence-electron chi connectivity index (χ2n) is 5.38. The molecule has 1 aliphatic carbocycles. The lowest BCUT2D eigenvalue weighted by molar-refractivity contribution is 0.984. The molecule has 1 aromatic rings. The lowest BCUT2D eigenvalue weighted by Crippen LogP contribution is -2.26. The third-order valence-corrected chi connectivity index (χ3v) is 4.52. The minimum atomic E-state index is 0. The molecule has 0 unspecified atom stereocenters. The number of rotatable bonds is 2. The van der Waals surface area contributed by atoms with Crippen LogP contribution in [-0.2, 0) is 0 Å². The molecule has 1 heterocycles. The summed E-state index contributed by atoms with van der Waals surface area (Å²) in [5.41, 5.74) is 9.45. The molecule has 2 aliphatic rings. The van der Waals surface area contributed by atoms with Gasteiger partial charge in [-0.25, -0.2) is 0 Å². The highest BCUT2D eigenvalue weighted by molar-refractivity contribution is 8.14. The first-order valence-electron chi connectivity index (χ1n) is 6.75. The lowest BCUT2D eigenvalue weighted by Gasteiger charge is -2.17. The van der Waals surface area contributed by atoms with Gasteiger partial charge in [-0.05, 0) is 56.4 Å². The number of halogens is 1. The summed E-state index contributed by atoms with van der Waals surface area (Å²) in [6, 6.07) is 5.04. The van der Waals surface area contributed by atoms with Crippen molar-refractivity contribution in [3.05, 3.63) is 34.4 Å². The Morgan fingerprint density at radius 3 is 2.45 bits per heavy atom. The van der Waals surface area contributed by atoms with Crippen LogP contribution in [0.25, 0.3) is 0 Å². The van der Waals surface area contributed by atoms with Gasteiger partial charge in [0.1, 0.15) is 0 Å². The van der Waals surface area contributed by atoms with E-state index in [1.54, 1.807) is 11.8 Å². The van der Waals surface area contributed by atoms with Gasteiger partial charge in [0.15, 0.2) is 5.17 Å². The number of hydrazone groups is 1. The minimum absolute atomic E-state index is 0. The number of amidine groups is 1. The Morgan fingerprint density at radius 2 is 1.85 bits per heavy atom. The van der Waals surface area contributed by atoms with Crippen LogP contribution in [0.2, 0.25) is 0 Å². The van der Waals surface area contributed by atoms with Crippen LogP contribution in [0.1, 0.15) is 35.1 Å². The number of nitrogens with one attached hydrogen (secondary N) is 1. The van der Waals surface area contributed by atoms with Crippen molar-refractivity contribution in [3.63, 3.8) is 0 Å². The van der Waals surface area contributed by atoms with Crippen LogP contribution in [0.4, 0.5) is 0 Å². The van der Waals surface area contributed by atoms with Crippen LogP contribution >= 0.6 is 24.2 Å². The molecule has 108 valence electrons. The average molecular weight is 310 g/mol. The molecule has 0 atom stereocenters. The summed E-state index contributed by atoms with van der Waals surface area (Å²) >= 11 is 1.76. The van der Waals surface area contributed by atoms with Gasteiger partial charge in [0.25, 0.3) is 0 Å². The van der Waals surface area contributed by atoms with Crippen LogP contribution < -0.4 is 5.43 Å². The van der Waals surface area contributed by atoms with E-state index < -0.39 is 0 Å². The number of thioether (sulfide) groups is 1. The molecule has 1 aromatic carbocycles. The molecule has 0 saturated heterocycles. The summed E-state index contributed by atoms with van der Waals surface area (Å²) < 4.78 is 0. The number of aryl methyl sites for hydroxylation is 3. The van der Waals surface area contributed by atoms with Gasteiger partial charge < -0.3 is 0 Å². The molecule has 1 N–H and O–H groups in total. The quantitative estimate of drug-likeness (QED) is 0.906. The average Bonchev–Trinajstić information content (AvgIpc) is 3.19. The number of hydrogen-bond donors (Lipinski definition) is 1. The predicted octanol–water partition coefficient (Wildman–Crippen LogP) is 3.59. The van der Waals surface area contributed by atoms with Crippen molar-refractivity contribution in [1.82, 2.24) is 5.43 Å². The van der Waals surface area contributed by atoms with Crippen molar-refractivity contribution in [2.24, 2.45) is 10.1 Å². The van der Waals surface area contributed by atoms with Crippen molar-refractivity contribution in [2.45, 2.75) is 39.7 Å². The van der Waals surface area contributed by atoms with Gasteiger partial charge in [0.05, 0.1) is 11.8 Å². The summed E-state index contributed by atoms with van der Waals surface area (Å²) in [7, 11) is 0. The van der Waals surface area contributed by atoms with E-state index in [0.717, 1.165) is 16.6 Å². The SMILES string of the molecule is Cc1cc(C)c(C2=NNC(=NC3CC3)SC2)cc1C.Cl. The summed E-state index contributed by atoms with van der Waals surface area (Å²) in [6.45, 7) is 6.47. The van der Waals surface area contributed by atoms with Gasteiger partial charge in [-0.1, -0.05) is 17.8 Å². The van der Waals surface area contributed by atoms with Crippen molar-refractivity contribution in [2.75, 3.05) is 5.75 Å². The van der Waals surface area contributed by atoms with E-state index >= 15 is 0 Å². The Bertz CT molecular complexity index is 577. The number of hydrogen-bond acceptors (Lipinski definition) is 3. The maximum absolute atomic E-state index is 4.59. The van der Waals surface area contributed by atoms with Crippen molar-refractivity contribution in [3.8, 4) is 0 Å². The first-order chi connectivity index (χ1) is 9.13. The molecule has 3 rings (SSSR count). The van der Waals surface area contributed by atoms with Crippen molar-refractivity contribution >= 4 is 35.0 Å². The largest absolute Gasteiger partial charge is 0.258 e. The minimum Gasteiger partial charge on any atom is -0.258 e. The monoisotopic (exact) mass is 309 g/mol. The van der Waals surface area contributed by atoms with E-state index in [-0.39, 0.29) is 12.4 Å². The third-order valence-electron chi connectivity index (χ3n) is 3.63. The standard InChI is InChI=1S/C15H19N3S.ClH/c1-9-6-11(3)13(7-10(9)2)14-8-19-15(18-17-14)16-12-4-5-12;/h6-7,12H,4-5,8H2,1-3H3,(H,16,18);1H. The van der Waals surface area contributed by atoms with E-state index in [0.29, 0.717) is 6.04 Å². The van der Waals surface area contributed by atoms with Crippen LogP contribution in [0.3, 0.4) is 0 Å². The first-order valence-corrected chi connectivity index (χ1v) is 7.73. The Balaban J connectivity index is 0.00000147. The Labute approximate surface area is 130 Å². The molecule has 0 bridgehead atoms. The summed E-state index contributed by atoms with van der Waals surface area (Å²) in [5.74, 6) is 0.905. The molecule has 20 heavy (non-hydrogen) atoms. The molecular formula is C15H20ClN3S. The maximum Gasteiger partial charge on any atom is 0.177 e. The molecular weight excluding hydrogens is 290 g/mol. The van der Waals surface area contributed by atoms with E-state index in [1.165, 1.54) is 35.1 Å². The molecule has 5 heteroatoms. The van der Waals surface area contributed by atoms with Gasteiger partial charge in [0, 0.05) is 11.3 Å². The van der Waals surface area contributed by atoms with E-state index in [4.69, 9.17) is 0 Å². The normalized spacial score (nSPS) is 20.1. The maximum atomic E-state index is 4.59. The Morgan fingerprint density at radius 1 is 1.15 bits per heavy atom. The molecule has 0 radical (unpaired) electrons. The number of aliphatic imine (C=N–C) groups is 1. The topological polar surface area (TPSA) is 36.8 Å². The third kappa shape index (κ3) is 3.36. The molecule has 0 spiro atoms. The molecule has 1 fully saturated rings. The van der Waals surface area contributed by atoms with Gasteiger partial charge in [-0.15, -0.1) is 12.4 Å². The fraction of sp³-hybridized carbons (Fsp3) is 0.467. The fourth-order valence-corrected chi connectivity index (χ4v) is 2.99. The smallest absolute Gasteiger partial charge is 0.177 e. The second-order valence-corrected chi connectivity index (χ2v) is 6.34. The molecule has 0 amide bonds. The van der Waals surface area contributed by atoms with Crippen LogP contribution in [0.5, 0.6) is 0 Å². The van der Waals surface area contributed by atoms with Gasteiger partial charge in [-0.2, -0.15) is 5.10 Å². The Hall–Kier alpha value is -1.00. The summed E-state index contributed by atoms with van der Waals surface area (Å²) in [4.78, 5) is 4.59. The van der Waals surface area contributed by atoms with Crippen LogP contribution in [0.15, 0.2) is 22.2 Å². The summed E-state index contributed by atoms with van der Waals surface area (Å²) in [6.07, 6.45) is 2.47. The van der Waals surface area contributed by atoms with Crippen molar-refractivity contribution in [1.29, 1.82) is 0 Å². The van der Waals surface area contributed by atoms with Crippen molar-refractivity contribution < 1.29 is 0 Å². The van der Waals surface area contributed by atoms with Gasteiger partial charge in [-0.3, -0.25) is 10.4 Å². The highest BCUT2D eigenvalue weighted by Crippen LogP contribution is 2.26.